The Bertz CT molecular complexity index is 529. The predicted octanol–water partition coefficient (Wildman–Crippen LogP) is 3.68. The van der Waals surface area contributed by atoms with E-state index in [4.69, 9.17) is 0 Å². The lowest BCUT2D eigenvalue weighted by molar-refractivity contribution is -0.103. The van der Waals surface area contributed by atoms with Gasteiger partial charge in [0.05, 0.1) is 0 Å². The van der Waals surface area contributed by atoms with Crippen molar-refractivity contribution in [3.05, 3.63) is 71.8 Å². The maximum absolute atomic E-state index is 11.2. The largest absolute Gasteiger partial charge is 0.298 e. The van der Waals surface area contributed by atoms with Gasteiger partial charge in [0.25, 0.3) is 0 Å². The molecule has 0 amide bonds. The van der Waals surface area contributed by atoms with Crippen LogP contribution in [0.4, 0.5) is 0 Å². The van der Waals surface area contributed by atoms with Crippen molar-refractivity contribution in [2.24, 2.45) is 0 Å². The molecule has 0 bridgehead atoms. The third-order valence-electron chi connectivity index (χ3n) is 2.50. The topological polar surface area (TPSA) is 17.1 Å². The second kappa shape index (κ2) is 5.51. The molecule has 0 fully saturated rings. The van der Waals surface area contributed by atoms with E-state index in [1.54, 1.807) is 0 Å². The van der Waals surface area contributed by atoms with Gasteiger partial charge in [-0.25, -0.2) is 0 Å². The van der Waals surface area contributed by atoms with Crippen LogP contribution in [0.1, 0.15) is 11.1 Å². The van der Waals surface area contributed by atoms with E-state index in [0.717, 1.165) is 17.4 Å². The Hall–Kier alpha value is -1.80. The van der Waals surface area contributed by atoms with Crippen molar-refractivity contribution in [2.45, 2.75) is 0 Å². The quantitative estimate of drug-likeness (QED) is 0.375. The smallest absolute Gasteiger partial charge is 0.151 e. The fraction of sp³-hybridized carbons (Fsp3) is 0. The van der Waals surface area contributed by atoms with Crippen LogP contribution in [-0.2, 0) is 4.79 Å². The van der Waals surface area contributed by atoms with Gasteiger partial charge in [0.1, 0.15) is 0 Å². The Kier molecular flexibility index (Phi) is 3.78. The molecule has 0 saturated heterocycles. The highest BCUT2D eigenvalue weighted by atomic mass is 32.1. The van der Waals surface area contributed by atoms with E-state index >= 15 is 0 Å². The normalized spacial score (nSPS) is 11.8. The summed E-state index contributed by atoms with van der Waals surface area (Å²) in [6, 6.07) is 19.2. The number of rotatable bonds is 3. The highest BCUT2D eigenvalue weighted by Crippen LogP contribution is 2.27. The molecule has 0 radical (unpaired) electrons. The molecule has 17 heavy (non-hydrogen) atoms. The number of thiol groups is 1. The Morgan fingerprint density at radius 3 is 1.76 bits per heavy atom. The number of carbonyl (C=O) groups is 1. The summed E-state index contributed by atoms with van der Waals surface area (Å²) in [4.78, 5) is 11.9. The van der Waals surface area contributed by atoms with Gasteiger partial charge < -0.3 is 0 Å². The van der Waals surface area contributed by atoms with Crippen LogP contribution >= 0.6 is 12.6 Å². The van der Waals surface area contributed by atoms with Gasteiger partial charge in [-0.2, -0.15) is 0 Å². The molecule has 2 rings (SSSR count). The Labute approximate surface area is 106 Å². The molecule has 0 saturated carbocycles. The molecule has 0 heterocycles. The van der Waals surface area contributed by atoms with Gasteiger partial charge in [-0.1, -0.05) is 60.7 Å². The Balaban J connectivity index is 2.52. The molecule has 0 N–H and O–H groups in total. The van der Waals surface area contributed by atoms with E-state index in [-0.39, 0.29) is 0 Å². The summed E-state index contributed by atoms with van der Waals surface area (Å²) in [7, 11) is 0. The first-order chi connectivity index (χ1) is 8.33. The van der Waals surface area contributed by atoms with Gasteiger partial charge in [0.15, 0.2) is 6.29 Å². The fourth-order valence-electron chi connectivity index (χ4n) is 1.63. The molecule has 0 atom stereocenters. The molecule has 0 unspecified atom stereocenters. The number of carbonyl (C=O) groups excluding carboxylic acids is 1. The maximum Gasteiger partial charge on any atom is 0.151 e. The van der Waals surface area contributed by atoms with Crippen molar-refractivity contribution in [1.82, 2.24) is 0 Å². The molecule has 0 aromatic heterocycles. The van der Waals surface area contributed by atoms with Crippen LogP contribution in [-0.4, -0.2) is 6.29 Å². The summed E-state index contributed by atoms with van der Waals surface area (Å²) in [6.07, 6.45) is 0.852. The summed E-state index contributed by atoms with van der Waals surface area (Å²) in [5.41, 5.74) is 2.44. The highest BCUT2D eigenvalue weighted by molar-refractivity contribution is 7.91. The predicted molar refractivity (Wildman–Crippen MR) is 74.7 cm³/mol. The lowest BCUT2D eigenvalue weighted by atomic mass is 10.0. The van der Waals surface area contributed by atoms with Crippen LogP contribution in [0.5, 0.6) is 0 Å². The van der Waals surface area contributed by atoms with Gasteiger partial charge in [-0.05, 0) is 11.1 Å². The lowest BCUT2D eigenvalue weighted by Gasteiger charge is -2.06. The molecular weight excluding hydrogens is 228 g/mol. The molecule has 0 aliphatic rings. The first-order valence-electron chi connectivity index (χ1n) is 5.32. The van der Waals surface area contributed by atoms with E-state index in [1.165, 1.54) is 0 Å². The second-order valence-corrected chi connectivity index (χ2v) is 4.06. The third kappa shape index (κ3) is 2.66. The monoisotopic (exact) mass is 240 g/mol. The van der Waals surface area contributed by atoms with Crippen LogP contribution in [0.15, 0.2) is 60.7 Å². The van der Waals surface area contributed by atoms with Crippen molar-refractivity contribution < 1.29 is 4.79 Å². The average Bonchev–Trinajstić information content (AvgIpc) is 2.42. The van der Waals surface area contributed by atoms with Crippen LogP contribution in [0.3, 0.4) is 0 Å². The van der Waals surface area contributed by atoms with Crippen LogP contribution in [0.2, 0.25) is 0 Å². The van der Waals surface area contributed by atoms with Gasteiger partial charge in [-0.15, -0.1) is 12.6 Å². The molecular formula is C15H12OS. The number of allylic oxidation sites excluding steroid dienone is 1. The number of hydrogen-bond donors (Lipinski definition) is 1. The van der Waals surface area contributed by atoms with Crippen LogP contribution in [0.25, 0.3) is 10.5 Å². The Morgan fingerprint density at radius 1 is 0.824 bits per heavy atom. The highest BCUT2D eigenvalue weighted by Gasteiger charge is 2.06. The fourth-order valence-corrected chi connectivity index (χ4v) is 1.96. The maximum atomic E-state index is 11.2. The molecule has 1 nitrogen and oxygen atoms in total. The van der Waals surface area contributed by atoms with Crippen molar-refractivity contribution in [3.63, 3.8) is 0 Å². The zero-order chi connectivity index (χ0) is 12.1. The minimum Gasteiger partial charge on any atom is -0.298 e. The van der Waals surface area contributed by atoms with Crippen molar-refractivity contribution >= 4 is 29.4 Å². The van der Waals surface area contributed by atoms with E-state index in [9.17, 15) is 4.79 Å². The second-order valence-electron chi connectivity index (χ2n) is 3.61. The van der Waals surface area contributed by atoms with Gasteiger partial charge >= 0.3 is 0 Å². The molecule has 0 aliphatic heterocycles. The molecule has 2 aromatic rings. The van der Waals surface area contributed by atoms with E-state index in [2.05, 4.69) is 12.6 Å². The molecule has 2 heteroatoms. The van der Waals surface area contributed by atoms with E-state index < -0.39 is 0 Å². The van der Waals surface area contributed by atoms with Crippen LogP contribution in [0, 0.1) is 0 Å². The van der Waals surface area contributed by atoms with E-state index in [1.807, 2.05) is 60.7 Å². The zero-order valence-corrected chi connectivity index (χ0v) is 10.1. The van der Waals surface area contributed by atoms with Gasteiger partial charge in [0.2, 0.25) is 0 Å². The lowest BCUT2D eigenvalue weighted by Crippen LogP contribution is -1.89. The first kappa shape index (κ1) is 11.7. The van der Waals surface area contributed by atoms with Crippen molar-refractivity contribution in [1.29, 1.82) is 0 Å². The summed E-state index contributed by atoms with van der Waals surface area (Å²) < 4.78 is 0. The van der Waals surface area contributed by atoms with E-state index in [0.29, 0.717) is 10.5 Å². The summed E-state index contributed by atoms with van der Waals surface area (Å²) >= 11 is 4.45. The van der Waals surface area contributed by atoms with Gasteiger partial charge in [-0.3, -0.25) is 4.79 Å². The van der Waals surface area contributed by atoms with Crippen molar-refractivity contribution in [2.75, 3.05) is 0 Å². The van der Waals surface area contributed by atoms with Gasteiger partial charge in [0, 0.05) is 10.5 Å². The SMILES string of the molecule is O=CC(=C(S)c1ccccc1)c1ccccc1. The number of benzene rings is 2. The average molecular weight is 240 g/mol. The summed E-state index contributed by atoms with van der Waals surface area (Å²) in [5, 5.41) is 0. The first-order valence-corrected chi connectivity index (χ1v) is 5.77. The summed E-state index contributed by atoms with van der Waals surface area (Å²) in [6.45, 7) is 0. The van der Waals surface area contributed by atoms with Crippen molar-refractivity contribution in [3.8, 4) is 0 Å². The number of aldehydes is 1. The summed E-state index contributed by atoms with van der Waals surface area (Å²) in [5.74, 6) is 0. The molecule has 84 valence electrons. The molecule has 0 spiro atoms. The third-order valence-corrected chi connectivity index (χ3v) is 3.00. The standard InChI is InChI=1S/C15H12OS/c16-11-14(12-7-3-1-4-8-12)15(17)13-9-5-2-6-10-13/h1-11,17H. The van der Waals surface area contributed by atoms with Crippen LogP contribution < -0.4 is 0 Å². The Morgan fingerprint density at radius 2 is 1.29 bits per heavy atom. The molecule has 2 aromatic carbocycles. The minimum absolute atomic E-state index is 0.611. The minimum atomic E-state index is 0.611. The number of hydrogen-bond acceptors (Lipinski definition) is 2. The molecule has 0 aliphatic carbocycles. The zero-order valence-electron chi connectivity index (χ0n) is 9.21.